The third-order valence-corrected chi connectivity index (χ3v) is 3.29. The number of unbranched alkanes of at least 4 members (excludes halogenated alkanes) is 1. The number of hydrogen-bond acceptors (Lipinski definition) is 3. The average molecular weight is 269 g/mol. The van der Waals surface area contributed by atoms with Crippen LogP contribution < -0.4 is 5.32 Å². The van der Waals surface area contributed by atoms with Gasteiger partial charge >= 0.3 is 6.09 Å². The topological polar surface area (TPSA) is 55.4 Å². The lowest BCUT2D eigenvalue weighted by molar-refractivity contribution is -0.121. The Labute approximate surface area is 116 Å². The molecule has 1 unspecified atom stereocenters. The highest BCUT2D eigenvalue weighted by Crippen LogP contribution is 2.25. The minimum atomic E-state index is -0.438. The van der Waals surface area contributed by atoms with Crippen molar-refractivity contribution < 1.29 is 14.3 Å². The number of carbonyl (C=O) groups excluding carboxylic acids is 2. The van der Waals surface area contributed by atoms with Crippen molar-refractivity contribution in [3.63, 3.8) is 0 Å². The Hall–Kier alpha value is -1.06. The maximum absolute atomic E-state index is 11.4. The minimum Gasteiger partial charge on any atom is -0.444 e. The Morgan fingerprint density at radius 2 is 2.11 bits per heavy atom. The second-order valence-corrected chi connectivity index (χ2v) is 6.43. The summed E-state index contributed by atoms with van der Waals surface area (Å²) in [6, 6.07) is 0. The van der Waals surface area contributed by atoms with E-state index in [1.165, 1.54) is 6.42 Å². The molecule has 19 heavy (non-hydrogen) atoms. The number of alkyl carbamates (subject to hydrolysis) is 1. The van der Waals surface area contributed by atoms with E-state index in [9.17, 15) is 9.59 Å². The minimum absolute atomic E-state index is 0.347. The highest BCUT2D eigenvalue weighted by atomic mass is 16.6. The third-order valence-electron chi connectivity index (χ3n) is 3.29. The fourth-order valence-corrected chi connectivity index (χ4v) is 2.42. The smallest absolute Gasteiger partial charge is 0.407 e. The molecule has 0 heterocycles. The number of nitrogens with one attached hydrogen (secondary N) is 1. The fourth-order valence-electron chi connectivity index (χ4n) is 2.42. The van der Waals surface area contributed by atoms with Crippen molar-refractivity contribution in [3.8, 4) is 0 Å². The first-order chi connectivity index (χ1) is 8.87. The SMILES string of the molecule is CC(C)(C)OC(=O)NCCCCC1CCCC(=O)C1. The molecule has 4 heteroatoms. The van der Waals surface area contributed by atoms with Gasteiger partial charge in [0.05, 0.1) is 0 Å². The van der Waals surface area contributed by atoms with Gasteiger partial charge in [-0.25, -0.2) is 4.79 Å². The van der Waals surface area contributed by atoms with Crippen LogP contribution in [0.3, 0.4) is 0 Å². The Bertz CT molecular complexity index is 307. The van der Waals surface area contributed by atoms with E-state index in [4.69, 9.17) is 4.74 Å². The van der Waals surface area contributed by atoms with Crippen molar-refractivity contribution in [2.24, 2.45) is 5.92 Å². The van der Waals surface area contributed by atoms with Crippen molar-refractivity contribution in [1.29, 1.82) is 0 Å². The van der Waals surface area contributed by atoms with Crippen molar-refractivity contribution >= 4 is 11.9 Å². The van der Waals surface area contributed by atoms with Gasteiger partial charge in [0.1, 0.15) is 11.4 Å². The van der Waals surface area contributed by atoms with E-state index >= 15 is 0 Å². The molecule has 0 aliphatic heterocycles. The molecule has 1 saturated carbocycles. The Morgan fingerprint density at radius 3 is 2.74 bits per heavy atom. The zero-order valence-electron chi connectivity index (χ0n) is 12.5. The number of hydrogen-bond donors (Lipinski definition) is 1. The van der Waals surface area contributed by atoms with Crippen LogP contribution in [-0.2, 0) is 9.53 Å². The molecule has 1 amide bonds. The van der Waals surface area contributed by atoms with Gasteiger partial charge in [-0.3, -0.25) is 4.79 Å². The summed E-state index contributed by atoms with van der Waals surface area (Å²) >= 11 is 0. The van der Waals surface area contributed by atoms with Crippen LogP contribution in [0.15, 0.2) is 0 Å². The molecule has 0 aromatic rings. The maximum Gasteiger partial charge on any atom is 0.407 e. The molecule has 0 bridgehead atoms. The van der Waals surface area contributed by atoms with Gasteiger partial charge < -0.3 is 10.1 Å². The van der Waals surface area contributed by atoms with Gasteiger partial charge in [-0.05, 0) is 52.4 Å². The summed E-state index contributed by atoms with van der Waals surface area (Å²) in [6.07, 6.45) is 6.54. The van der Waals surface area contributed by atoms with E-state index in [1.807, 2.05) is 20.8 Å². The summed E-state index contributed by atoms with van der Waals surface area (Å²) in [4.78, 5) is 22.7. The summed E-state index contributed by atoms with van der Waals surface area (Å²) in [6.45, 7) is 6.21. The second-order valence-electron chi connectivity index (χ2n) is 6.43. The van der Waals surface area contributed by atoms with Gasteiger partial charge in [0.2, 0.25) is 0 Å². The molecule has 110 valence electrons. The van der Waals surface area contributed by atoms with Crippen LogP contribution in [0.5, 0.6) is 0 Å². The fraction of sp³-hybridized carbons (Fsp3) is 0.867. The summed E-state index contributed by atoms with van der Waals surface area (Å²) in [5.41, 5.74) is -0.438. The van der Waals surface area contributed by atoms with Crippen LogP contribution in [0.2, 0.25) is 0 Å². The molecule has 1 aliphatic carbocycles. The first kappa shape index (κ1) is 16.0. The Kier molecular flexibility index (Phi) is 6.32. The van der Waals surface area contributed by atoms with Gasteiger partial charge in [0, 0.05) is 19.4 Å². The lowest BCUT2D eigenvalue weighted by atomic mass is 9.85. The van der Waals surface area contributed by atoms with Crippen molar-refractivity contribution in [1.82, 2.24) is 5.32 Å². The maximum atomic E-state index is 11.4. The van der Waals surface area contributed by atoms with Gasteiger partial charge in [-0.2, -0.15) is 0 Å². The summed E-state index contributed by atoms with van der Waals surface area (Å²) in [7, 11) is 0. The number of ketones is 1. The molecule has 0 saturated heterocycles. The summed E-state index contributed by atoms with van der Waals surface area (Å²) < 4.78 is 5.15. The highest BCUT2D eigenvalue weighted by Gasteiger charge is 2.19. The zero-order chi connectivity index (χ0) is 14.3. The molecule has 0 spiro atoms. The Morgan fingerprint density at radius 1 is 1.37 bits per heavy atom. The number of rotatable bonds is 5. The molecule has 0 aromatic carbocycles. The molecule has 0 radical (unpaired) electrons. The van der Waals surface area contributed by atoms with Crippen molar-refractivity contribution in [2.45, 2.75) is 71.3 Å². The number of carbonyl (C=O) groups is 2. The molecule has 1 fully saturated rings. The lowest BCUT2D eigenvalue weighted by Crippen LogP contribution is -2.33. The average Bonchev–Trinajstić information content (AvgIpc) is 2.26. The number of ether oxygens (including phenoxy) is 1. The molecular formula is C15H27NO3. The van der Waals surface area contributed by atoms with Gasteiger partial charge in [-0.1, -0.05) is 6.42 Å². The van der Waals surface area contributed by atoms with Gasteiger partial charge in [-0.15, -0.1) is 0 Å². The van der Waals surface area contributed by atoms with E-state index < -0.39 is 5.60 Å². The van der Waals surface area contributed by atoms with E-state index in [2.05, 4.69) is 5.32 Å². The van der Waals surface area contributed by atoms with Crippen molar-refractivity contribution in [2.75, 3.05) is 6.54 Å². The van der Waals surface area contributed by atoms with Crippen LogP contribution >= 0.6 is 0 Å². The molecular weight excluding hydrogens is 242 g/mol. The molecule has 4 nitrogen and oxygen atoms in total. The summed E-state index contributed by atoms with van der Waals surface area (Å²) in [5.74, 6) is 0.992. The first-order valence-electron chi connectivity index (χ1n) is 7.35. The molecule has 1 atom stereocenters. The van der Waals surface area contributed by atoms with Crippen LogP contribution in [0.1, 0.15) is 65.7 Å². The van der Waals surface area contributed by atoms with Crippen LogP contribution in [0.4, 0.5) is 4.79 Å². The van der Waals surface area contributed by atoms with Gasteiger partial charge in [0.25, 0.3) is 0 Å². The molecule has 1 rings (SSSR count). The van der Waals surface area contributed by atoms with Crippen LogP contribution in [0.25, 0.3) is 0 Å². The quantitative estimate of drug-likeness (QED) is 0.778. The summed E-state index contributed by atoms with van der Waals surface area (Å²) in [5, 5.41) is 2.76. The monoisotopic (exact) mass is 269 g/mol. The normalized spacial score (nSPS) is 20.2. The van der Waals surface area contributed by atoms with Crippen LogP contribution in [-0.4, -0.2) is 24.0 Å². The number of Topliss-reactive ketones (excluding diaryl/α,β-unsaturated/α-hetero) is 1. The lowest BCUT2D eigenvalue weighted by Gasteiger charge is -2.21. The standard InChI is InChI=1S/C15H27NO3/c1-15(2,3)19-14(18)16-10-5-4-7-12-8-6-9-13(17)11-12/h12H,4-11H2,1-3H3,(H,16,18). The highest BCUT2D eigenvalue weighted by molar-refractivity contribution is 5.79. The van der Waals surface area contributed by atoms with Crippen LogP contribution in [0, 0.1) is 5.92 Å². The number of amides is 1. The predicted molar refractivity (Wildman–Crippen MR) is 75.1 cm³/mol. The predicted octanol–water partition coefficient (Wildman–Crippen LogP) is 3.44. The van der Waals surface area contributed by atoms with E-state index in [0.29, 0.717) is 18.2 Å². The molecule has 0 aromatic heterocycles. The van der Waals surface area contributed by atoms with E-state index in [0.717, 1.165) is 38.5 Å². The first-order valence-corrected chi connectivity index (χ1v) is 7.35. The van der Waals surface area contributed by atoms with E-state index in [-0.39, 0.29) is 6.09 Å². The zero-order valence-corrected chi connectivity index (χ0v) is 12.5. The molecule has 1 N–H and O–H groups in total. The van der Waals surface area contributed by atoms with E-state index in [1.54, 1.807) is 0 Å². The molecule has 1 aliphatic rings. The second kappa shape index (κ2) is 7.51. The largest absolute Gasteiger partial charge is 0.444 e. The Balaban J connectivity index is 2.02. The third kappa shape index (κ3) is 7.85. The van der Waals surface area contributed by atoms with Crippen molar-refractivity contribution in [3.05, 3.63) is 0 Å². The van der Waals surface area contributed by atoms with Gasteiger partial charge in [0.15, 0.2) is 0 Å².